The Kier molecular flexibility index (Phi) is 7.41. The van der Waals surface area contributed by atoms with E-state index in [1.807, 2.05) is 19.1 Å². The Morgan fingerprint density at radius 2 is 2.11 bits per heavy atom. The molecule has 2 atom stereocenters. The number of nitrogens with zero attached hydrogens (tertiary/aromatic N) is 2. The van der Waals surface area contributed by atoms with E-state index < -0.39 is 0 Å². The molecule has 0 spiro atoms. The molecule has 1 fully saturated rings. The van der Waals surface area contributed by atoms with Gasteiger partial charge >= 0.3 is 0 Å². The minimum absolute atomic E-state index is 0.0350. The number of amides is 1. The minimum Gasteiger partial charge on any atom is -0.376 e. The lowest BCUT2D eigenvalue weighted by Crippen LogP contribution is -2.23. The van der Waals surface area contributed by atoms with Gasteiger partial charge in [-0.1, -0.05) is 47.4 Å². The summed E-state index contributed by atoms with van der Waals surface area (Å²) in [4.78, 5) is 23.6. The molecule has 1 aliphatic rings. The highest BCUT2D eigenvalue weighted by molar-refractivity contribution is 8.01. The van der Waals surface area contributed by atoms with Gasteiger partial charge in [-0.15, -0.1) is 10.2 Å². The molecule has 2 aromatic rings. The van der Waals surface area contributed by atoms with Gasteiger partial charge in [0.05, 0.1) is 17.9 Å². The molecule has 1 aromatic carbocycles. The number of ether oxygens (including phenoxy) is 1. The summed E-state index contributed by atoms with van der Waals surface area (Å²) in [7, 11) is 0. The SMILES string of the molecule is CC(=O)N[C@H](C)c1ccc(C(=O)CSc2nnc(NC[C@H]3CCCO3)s2)cc1. The first-order chi connectivity index (χ1) is 13.5. The largest absolute Gasteiger partial charge is 0.376 e. The summed E-state index contributed by atoms with van der Waals surface area (Å²) in [6.07, 6.45) is 2.43. The Balaban J connectivity index is 1.46. The van der Waals surface area contributed by atoms with Crippen LogP contribution in [-0.4, -0.2) is 46.9 Å². The molecule has 3 rings (SSSR count). The number of Topliss-reactive ketones (excluding diaryl/α,β-unsaturated/α-hetero) is 1. The van der Waals surface area contributed by atoms with Gasteiger partial charge in [0.1, 0.15) is 0 Å². The molecule has 2 heterocycles. The van der Waals surface area contributed by atoms with E-state index in [9.17, 15) is 9.59 Å². The highest BCUT2D eigenvalue weighted by Crippen LogP contribution is 2.26. The van der Waals surface area contributed by atoms with Crippen LogP contribution in [0.15, 0.2) is 28.6 Å². The van der Waals surface area contributed by atoms with E-state index in [4.69, 9.17) is 4.74 Å². The van der Waals surface area contributed by atoms with Crippen molar-refractivity contribution in [2.45, 2.75) is 43.2 Å². The van der Waals surface area contributed by atoms with E-state index in [0.29, 0.717) is 11.3 Å². The molecule has 28 heavy (non-hydrogen) atoms. The monoisotopic (exact) mass is 420 g/mol. The van der Waals surface area contributed by atoms with Crippen LogP contribution in [0.1, 0.15) is 48.7 Å². The summed E-state index contributed by atoms with van der Waals surface area (Å²) < 4.78 is 6.34. The van der Waals surface area contributed by atoms with Gasteiger partial charge in [-0.3, -0.25) is 9.59 Å². The Morgan fingerprint density at radius 1 is 1.32 bits per heavy atom. The number of anilines is 1. The molecule has 0 bridgehead atoms. The number of nitrogens with one attached hydrogen (secondary N) is 2. The van der Waals surface area contributed by atoms with Gasteiger partial charge in [0.25, 0.3) is 0 Å². The summed E-state index contributed by atoms with van der Waals surface area (Å²) in [5.41, 5.74) is 1.61. The van der Waals surface area contributed by atoms with E-state index in [0.717, 1.165) is 41.0 Å². The maximum atomic E-state index is 12.4. The maximum absolute atomic E-state index is 12.4. The van der Waals surface area contributed by atoms with E-state index in [2.05, 4.69) is 20.8 Å². The van der Waals surface area contributed by atoms with Gasteiger partial charge in [0, 0.05) is 25.6 Å². The quantitative estimate of drug-likeness (QED) is 0.475. The zero-order chi connectivity index (χ0) is 19.9. The fourth-order valence-corrected chi connectivity index (χ4v) is 4.56. The number of rotatable bonds is 9. The summed E-state index contributed by atoms with van der Waals surface area (Å²) in [5, 5.41) is 15.1. The number of hydrogen-bond acceptors (Lipinski definition) is 8. The topological polar surface area (TPSA) is 93.2 Å². The molecule has 7 nitrogen and oxygen atoms in total. The Labute approximate surface area is 172 Å². The lowest BCUT2D eigenvalue weighted by Gasteiger charge is -2.13. The fraction of sp³-hybridized carbons (Fsp3) is 0.474. The van der Waals surface area contributed by atoms with Crippen molar-refractivity contribution in [3.05, 3.63) is 35.4 Å². The van der Waals surface area contributed by atoms with E-state index in [1.54, 1.807) is 12.1 Å². The second-order valence-electron chi connectivity index (χ2n) is 6.65. The predicted octanol–water partition coefficient (Wildman–Crippen LogP) is 3.30. The predicted molar refractivity (Wildman–Crippen MR) is 111 cm³/mol. The number of carbonyl (C=O) groups is 2. The van der Waals surface area contributed by atoms with Crippen molar-refractivity contribution in [1.29, 1.82) is 0 Å². The van der Waals surface area contributed by atoms with Crippen molar-refractivity contribution < 1.29 is 14.3 Å². The molecule has 0 saturated carbocycles. The Bertz CT molecular complexity index is 804. The van der Waals surface area contributed by atoms with Crippen LogP contribution < -0.4 is 10.6 Å². The van der Waals surface area contributed by atoms with Gasteiger partial charge in [-0.25, -0.2) is 0 Å². The molecule has 1 aliphatic heterocycles. The molecule has 150 valence electrons. The van der Waals surface area contributed by atoms with Crippen LogP contribution in [0.3, 0.4) is 0 Å². The molecular weight excluding hydrogens is 396 g/mol. The van der Waals surface area contributed by atoms with Crippen LogP contribution in [0.25, 0.3) is 0 Å². The van der Waals surface area contributed by atoms with Gasteiger partial charge < -0.3 is 15.4 Å². The van der Waals surface area contributed by atoms with E-state index >= 15 is 0 Å². The summed E-state index contributed by atoms with van der Waals surface area (Å²) in [5.74, 6) is 0.263. The van der Waals surface area contributed by atoms with Crippen molar-refractivity contribution >= 4 is 39.9 Å². The molecule has 0 radical (unpaired) electrons. The first kappa shape index (κ1) is 20.8. The lowest BCUT2D eigenvalue weighted by molar-refractivity contribution is -0.119. The van der Waals surface area contributed by atoms with Crippen molar-refractivity contribution in [2.24, 2.45) is 0 Å². The van der Waals surface area contributed by atoms with Gasteiger partial charge in [-0.05, 0) is 25.3 Å². The third kappa shape index (κ3) is 6.02. The van der Waals surface area contributed by atoms with E-state index in [1.165, 1.54) is 30.0 Å². The average molecular weight is 421 g/mol. The fourth-order valence-electron chi connectivity index (χ4n) is 2.90. The van der Waals surface area contributed by atoms with Gasteiger partial charge in [0.2, 0.25) is 11.0 Å². The number of aromatic nitrogens is 2. The molecule has 0 aliphatic carbocycles. The second-order valence-corrected chi connectivity index (χ2v) is 8.85. The van der Waals surface area contributed by atoms with Crippen molar-refractivity contribution in [3.63, 3.8) is 0 Å². The number of benzene rings is 1. The Hall–Kier alpha value is -1.97. The van der Waals surface area contributed by atoms with E-state index in [-0.39, 0.29) is 23.8 Å². The zero-order valence-corrected chi connectivity index (χ0v) is 17.6. The average Bonchev–Trinajstić information content (AvgIpc) is 3.36. The van der Waals surface area contributed by atoms with Crippen LogP contribution in [-0.2, 0) is 9.53 Å². The van der Waals surface area contributed by atoms with Crippen LogP contribution in [0.2, 0.25) is 0 Å². The number of carbonyl (C=O) groups excluding carboxylic acids is 2. The molecule has 1 saturated heterocycles. The third-order valence-electron chi connectivity index (χ3n) is 4.39. The molecule has 2 N–H and O–H groups in total. The first-order valence-corrected chi connectivity index (χ1v) is 11.0. The summed E-state index contributed by atoms with van der Waals surface area (Å²) in [6.45, 7) is 4.97. The normalized spacial score (nSPS) is 17.3. The highest BCUT2D eigenvalue weighted by atomic mass is 32.2. The maximum Gasteiger partial charge on any atom is 0.217 e. The van der Waals surface area contributed by atoms with Crippen molar-refractivity contribution in [2.75, 3.05) is 24.2 Å². The van der Waals surface area contributed by atoms with Crippen molar-refractivity contribution in [1.82, 2.24) is 15.5 Å². The van der Waals surface area contributed by atoms with Crippen molar-refractivity contribution in [3.8, 4) is 0 Å². The van der Waals surface area contributed by atoms with Crippen LogP contribution in [0.4, 0.5) is 5.13 Å². The smallest absolute Gasteiger partial charge is 0.217 e. The number of hydrogen-bond donors (Lipinski definition) is 2. The standard InChI is InChI=1S/C19H24N4O3S2/c1-12(21-13(2)24)14-5-7-15(8-6-14)17(25)11-27-19-23-22-18(28-19)20-10-16-4-3-9-26-16/h5-8,12,16H,3-4,9-11H2,1-2H3,(H,20,22)(H,21,24)/t12-,16-/m1/s1. The highest BCUT2D eigenvalue weighted by Gasteiger charge is 2.16. The van der Waals surface area contributed by atoms with Crippen LogP contribution in [0.5, 0.6) is 0 Å². The molecule has 1 aromatic heterocycles. The van der Waals surface area contributed by atoms with Crippen LogP contribution >= 0.6 is 23.1 Å². The lowest BCUT2D eigenvalue weighted by atomic mass is 10.0. The summed E-state index contributed by atoms with van der Waals surface area (Å²) >= 11 is 2.84. The number of ketones is 1. The zero-order valence-electron chi connectivity index (χ0n) is 15.9. The third-order valence-corrected chi connectivity index (χ3v) is 6.40. The Morgan fingerprint density at radius 3 is 2.79 bits per heavy atom. The van der Waals surface area contributed by atoms with Gasteiger partial charge in [0.15, 0.2) is 10.1 Å². The first-order valence-electron chi connectivity index (χ1n) is 9.23. The minimum atomic E-state index is -0.0852. The molecule has 0 unspecified atom stereocenters. The van der Waals surface area contributed by atoms with Crippen LogP contribution in [0, 0.1) is 0 Å². The molecule has 9 heteroatoms. The second kappa shape index (κ2) is 9.99. The summed E-state index contributed by atoms with van der Waals surface area (Å²) in [6, 6.07) is 7.25. The molecule has 1 amide bonds. The molecular formula is C19H24N4O3S2. The van der Waals surface area contributed by atoms with Gasteiger partial charge in [-0.2, -0.15) is 0 Å². The number of thioether (sulfide) groups is 1.